The predicted molar refractivity (Wildman–Crippen MR) is 80.2 cm³/mol. The van der Waals surface area contributed by atoms with Crippen molar-refractivity contribution in [1.82, 2.24) is 10.2 Å². The Morgan fingerprint density at radius 2 is 2.00 bits per heavy atom. The van der Waals surface area contributed by atoms with E-state index in [1.54, 1.807) is 17.9 Å². The van der Waals surface area contributed by atoms with Gasteiger partial charge >= 0.3 is 0 Å². The number of nitrogens with one attached hydrogen (secondary N) is 1. The minimum Gasteiger partial charge on any atom is -0.399 e. The van der Waals surface area contributed by atoms with Crippen molar-refractivity contribution < 1.29 is 14.3 Å². The van der Waals surface area contributed by atoms with Crippen LogP contribution in [0.1, 0.15) is 17.3 Å². The number of morpholine rings is 1. The van der Waals surface area contributed by atoms with Crippen LogP contribution in [0.5, 0.6) is 0 Å². The molecule has 3 N–H and O–H groups in total. The average Bonchev–Trinajstić information content (AvgIpc) is 2.46. The van der Waals surface area contributed by atoms with Gasteiger partial charge in [0.2, 0.25) is 5.91 Å². The topological polar surface area (TPSA) is 84.7 Å². The highest BCUT2D eigenvalue weighted by Gasteiger charge is 2.24. The van der Waals surface area contributed by atoms with E-state index in [1.165, 1.54) is 12.1 Å². The van der Waals surface area contributed by atoms with Crippen molar-refractivity contribution in [3.63, 3.8) is 0 Å². The molecular formula is C14H18ClN3O3. The molecule has 1 saturated heterocycles. The van der Waals surface area contributed by atoms with Gasteiger partial charge in [0.15, 0.2) is 0 Å². The molecule has 1 atom stereocenters. The normalized spacial score (nSPS) is 16.4. The molecule has 0 aromatic heterocycles. The molecule has 114 valence electrons. The standard InChI is InChI=1S/C14H18ClN3O3/c1-9(14(20)18-2-4-21-5-3-18)17-13(19)10-6-11(15)8-12(16)7-10/h6-9H,2-5,16H2,1H3,(H,17,19). The molecule has 1 aromatic carbocycles. The number of anilines is 1. The van der Waals surface area contributed by atoms with Crippen molar-refractivity contribution in [2.24, 2.45) is 0 Å². The molecule has 21 heavy (non-hydrogen) atoms. The lowest BCUT2D eigenvalue weighted by atomic mass is 10.1. The number of ether oxygens (including phenoxy) is 1. The Balaban J connectivity index is 1.99. The lowest BCUT2D eigenvalue weighted by Crippen LogP contribution is -2.50. The molecule has 2 rings (SSSR count). The summed E-state index contributed by atoms with van der Waals surface area (Å²) in [7, 11) is 0. The number of carbonyl (C=O) groups excluding carboxylic acids is 2. The fraction of sp³-hybridized carbons (Fsp3) is 0.429. The second kappa shape index (κ2) is 6.78. The quantitative estimate of drug-likeness (QED) is 0.812. The molecule has 1 unspecified atom stereocenters. The monoisotopic (exact) mass is 311 g/mol. The van der Waals surface area contributed by atoms with Crippen LogP contribution < -0.4 is 11.1 Å². The van der Waals surface area contributed by atoms with Crippen LogP contribution in [0.2, 0.25) is 5.02 Å². The van der Waals surface area contributed by atoms with Crippen LogP contribution in [0.4, 0.5) is 5.69 Å². The molecular weight excluding hydrogens is 294 g/mol. The SMILES string of the molecule is CC(NC(=O)c1cc(N)cc(Cl)c1)C(=O)N1CCOCC1. The Morgan fingerprint density at radius 3 is 2.62 bits per heavy atom. The van der Waals surface area contributed by atoms with Gasteiger partial charge in [-0.3, -0.25) is 9.59 Å². The number of hydrogen-bond donors (Lipinski definition) is 2. The van der Waals surface area contributed by atoms with Gasteiger partial charge in [0.25, 0.3) is 5.91 Å². The smallest absolute Gasteiger partial charge is 0.252 e. The minimum absolute atomic E-state index is 0.123. The van der Waals surface area contributed by atoms with E-state index in [9.17, 15) is 9.59 Å². The van der Waals surface area contributed by atoms with Crippen molar-refractivity contribution >= 4 is 29.1 Å². The van der Waals surface area contributed by atoms with Gasteiger partial charge in [-0.2, -0.15) is 0 Å². The van der Waals surface area contributed by atoms with Gasteiger partial charge in [0.05, 0.1) is 13.2 Å². The Morgan fingerprint density at radius 1 is 1.33 bits per heavy atom. The Labute approximate surface area is 128 Å². The fourth-order valence-electron chi connectivity index (χ4n) is 2.14. The second-order valence-corrected chi connectivity index (χ2v) is 5.34. The van der Waals surface area contributed by atoms with Gasteiger partial charge in [0, 0.05) is 29.4 Å². The first-order valence-electron chi connectivity index (χ1n) is 6.71. The lowest BCUT2D eigenvalue weighted by molar-refractivity contribution is -0.136. The summed E-state index contributed by atoms with van der Waals surface area (Å²) in [4.78, 5) is 26.0. The van der Waals surface area contributed by atoms with E-state index < -0.39 is 6.04 Å². The Kier molecular flexibility index (Phi) is 5.03. The molecule has 1 aromatic rings. The third-order valence-corrected chi connectivity index (χ3v) is 3.44. The van der Waals surface area contributed by atoms with Gasteiger partial charge in [-0.15, -0.1) is 0 Å². The summed E-state index contributed by atoms with van der Waals surface area (Å²) >= 11 is 5.87. The maximum Gasteiger partial charge on any atom is 0.252 e. The van der Waals surface area contributed by atoms with Crippen molar-refractivity contribution in [3.8, 4) is 0 Å². The summed E-state index contributed by atoms with van der Waals surface area (Å²) in [6.07, 6.45) is 0. The van der Waals surface area contributed by atoms with Crippen LogP contribution >= 0.6 is 11.6 Å². The predicted octanol–water partition coefficient (Wildman–Crippen LogP) is 0.899. The summed E-state index contributed by atoms with van der Waals surface area (Å²) in [5, 5.41) is 3.04. The van der Waals surface area contributed by atoms with Crippen LogP contribution in [0.25, 0.3) is 0 Å². The molecule has 0 saturated carbocycles. The van der Waals surface area contributed by atoms with Crippen LogP contribution in [0.15, 0.2) is 18.2 Å². The molecule has 6 nitrogen and oxygen atoms in total. The molecule has 1 aliphatic heterocycles. The molecule has 0 radical (unpaired) electrons. The summed E-state index contributed by atoms with van der Waals surface area (Å²) < 4.78 is 5.20. The van der Waals surface area contributed by atoms with Gasteiger partial charge in [-0.1, -0.05) is 11.6 Å². The summed E-state index contributed by atoms with van der Waals surface area (Å²) in [6, 6.07) is 3.98. The number of carbonyl (C=O) groups is 2. The minimum atomic E-state index is -0.615. The highest BCUT2D eigenvalue weighted by atomic mass is 35.5. The molecule has 7 heteroatoms. The van der Waals surface area contributed by atoms with Crippen molar-refractivity contribution in [3.05, 3.63) is 28.8 Å². The maximum absolute atomic E-state index is 12.2. The summed E-state index contributed by atoms with van der Waals surface area (Å²) in [5.41, 5.74) is 6.39. The molecule has 1 fully saturated rings. The van der Waals surface area contributed by atoms with Crippen molar-refractivity contribution in [2.45, 2.75) is 13.0 Å². The van der Waals surface area contributed by atoms with Gasteiger partial charge in [0.1, 0.15) is 6.04 Å². The number of hydrogen-bond acceptors (Lipinski definition) is 4. The largest absolute Gasteiger partial charge is 0.399 e. The highest BCUT2D eigenvalue weighted by molar-refractivity contribution is 6.31. The van der Waals surface area contributed by atoms with E-state index in [2.05, 4.69) is 5.32 Å². The average molecular weight is 312 g/mol. The number of amides is 2. The zero-order valence-electron chi connectivity index (χ0n) is 11.8. The van der Waals surface area contributed by atoms with E-state index >= 15 is 0 Å². The third-order valence-electron chi connectivity index (χ3n) is 3.22. The van der Waals surface area contributed by atoms with Crippen molar-refractivity contribution in [2.75, 3.05) is 32.0 Å². The number of nitrogen functional groups attached to an aromatic ring is 1. The zero-order chi connectivity index (χ0) is 15.4. The molecule has 2 amide bonds. The fourth-order valence-corrected chi connectivity index (χ4v) is 2.39. The third kappa shape index (κ3) is 4.09. The van der Waals surface area contributed by atoms with E-state index in [0.717, 1.165) is 0 Å². The van der Waals surface area contributed by atoms with Gasteiger partial charge < -0.3 is 20.7 Å². The van der Waals surface area contributed by atoms with Crippen LogP contribution in [0.3, 0.4) is 0 Å². The van der Waals surface area contributed by atoms with E-state index in [0.29, 0.717) is 42.6 Å². The first kappa shape index (κ1) is 15.6. The molecule has 0 spiro atoms. The van der Waals surface area contributed by atoms with Crippen molar-refractivity contribution in [1.29, 1.82) is 0 Å². The molecule has 0 bridgehead atoms. The van der Waals surface area contributed by atoms with E-state index in [4.69, 9.17) is 22.1 Å². The van der Waals surface area contributed by atoms with Crippen LogP contribution in [0, 0.1) is 0 Å². The van der Waals surface area contributed by atoms with Gasteiger partial charge in [-0.05, 0) is 25.1 Å². The second-order valence-electron chi connectivity index (χ2n) is 4.91. The van der Waals surface area contributed by atoms with E-state index in [1.807, 2.05) is 0 Å². The summed E-state index contributed by atoms with van der Waals surface area (Å²) in [5.74, 6) is -0.500. The Hall–Kier alpha value is -1.79. The van der Waals surface area contributed by atoms with E-state index in [-0.39, 0.29) is 11.8 Å². The molecule has 1 heterocycles. The number of rotatable bonds is 3. The lowest BCUT2D eigenvalue weighted by Gasteiger charge is -2.29. The zero-order valence-corrected chi connectivity index (χ0v) is 12.5. The number of halogens is 1. The molecule has 1 aliphatic rings. The number of nitrogens with zero attached hydrogens (tertiary/aromatic N) is 1. The number of benzene rings is 1. The Bertz CT molecular complexity index is 524. The van der Waals surface area contributed by atoms with Crippen LogP contribution in [-0.2, 0) is 9.53 Å². The molecule has 0 aliphatic carbocycles. The van der Waals surface area contributed by atoms with Gasteiger partial charge in [-0.25, -0.2) is 0 Å². The maximum atomic E-state index is 12.2. The first-order chi connectivity index (χ1) is 9.97. The first-order valence-corrected chi connectivity index (χ1v) is 7.08. The summed E-state index contributed by atoms with van der Waals surface area (Å²) in [6.45, 7) is 3.80. The number of nitrogens with two attached hydrogens (primary N) is 1. The van der Waals surface area contributed by atoms with Crippen LogP contribution in [-0.4, -0.2) is 49.1 Å². The highest BCUT2D eigenvalue weighted by Crippen LogP contribution is 2.16.